The molecule has 1 aromatic carbocycles. The van der Waals surface area contributed by atoms with E-state index >= 15 is 0 Å². The second-order valence-corrected chi connectivity index (χ2v) is 4.21. The third kappa shape index (κ3) is 3.03. The molecule has 1 amide bonds. The highest BCUT2D eigenvalue weighted by molar-refractivity contribution is 5.64. The first kappa shape index (κ1) is 11.6. The minimum Gasteiger partial charge on any atom is -0.446 e. The van der Waals surface area contributed by atoms with Crippen LogP contribution in [0.4, 0.5) is 16.2 Å². The Labute approximate surface area is 100 Å². The Balaban J connectivity index is 1.90. The first-order valence-corrected chi connectivity index (χ1v) is 5.72. The summed E-state index contributed by atoms with van der Waals surface area (Å²) in [5.74, 6) is 0. The summed E-state index contributed by atoms with van der Waals surface area (Å²) in [6.45, 7) is 1.73. The van der Waals surface area contributed by atoms with Gasteiger partial charge in [-0.15, -0.1) is 0 Å². The zero-order valence-electron chi connectivity index (χ0n) is 9.63. The van der Waals surface area contributed by atoms with Crippen LogP contribution in [0, 0.1) is 0 Å². The molecule has 2 rings (SSSR count). The van der Waals surface area contributed by atoms with Gasteiger partial charge in [0, 0.05) is 37.3 Å². The van der Waals surface area contributed by atoms with E-state index in [9.17, 15) is 4.79 Å². The molecular weight excluding hydrogens is 218 g/mol. The molecule has 0 spiro atoms. The van der Waals surface area contributed by atoms with Crippen LogP contribution in [0.1, 0.15) is 12.8 Å². The van der Waals surface area contributed by atoms with Gasteiger partial charge in [-0.3, -0.25) is 0 Å². The number of nitrogens with zero attached hydrogens (tertiary/aromatic N) is 1. The minimum atomic E-state index is -0.684. The van der Waals surface area contributed by atoms with Crippen molar-refractivity contribution in [3.63, 3.8) is 0 Å². The average molecular weight is 235 g/mol. The Morgan fingerprint density at radius 1 is 1.24 bits per heavy atom. The van der Waals surface area contributed by atoms with Crippen LogP contribution in [0.2, 0.25) is 0 Å². The Morgan fingerprint density at radius 3 is 2.35 bits per heavy atom. The third-order valence-corrected chi connectivity index (χ3v) is 2.98. The van der Waals surface area contributed by atoms with Crippen molar-refractivity contribution in [1.29, 1.82) is 0 Å². The molecule has 4 N–H and O–H groups in total. The van der Waals surface area contributed by atoms with Crippen LogP contribution in [-0.4, -0.2) is 25.3 Å². The number of rotatable bonds is 2. The fourth-order valence-electron chi connectivity index (χ4n) is 2.08. The van der Waals surface area contributed by atoms with Crippen molar-refractivity contribution in [2.75, 3.05) is 23.7 Å². The molecule has 5 heteroatoms. The van der Waals surface area contributed by atoms with Gasteiger partial charge in [-0.25, -0.2) is 4.79 Å². The highest BCUT2D eigenvalue weighted by Gasteiger charge is 2.21. The summed E-state index contributed by atoms with van der Waals surface area (Å²) >= 11 is 0. The Kier molecular flexibility index (Phi) is 3.37. The Bertz CT molecular complexity index is 383. The van der Waals surface area contributed by atoms with E-state index in [1.807, 2.05) is 24.3 Å². The summed E-state index contributed by atoms with van der Waals surface area (Å²) < 4.78 is 4.99. The maximum Gasteiger partial charge on any atom is 0.404 e. The number of amides is 1. The van der Waals surface area contributed by atoms with Crippen LogP contribution in [0.5, 0.6) is 0 Å². The van der Waals surface area contributed by atoms with Gasteiger partial charge in [0.2, 0.25) is 0 Å². The number of primary amides is 1. The van der Waals surface area contributed by atoms with Gasteiger partial charge in [-0.05, 0) is 24.3 Å². The van der Waals surface area contributed by atoms with Crippen molar-refractivity contribution < 1.29 is 9.53 Å². The number of ether oxygens (including phenoxy) is 1. The van der Waals surface area contributed by atoms with E-state index in [4.69, 9.17) is 16.2 Å². The van der Waals surface area contributed by atoms with E-state index in [0.29, 0.717) is 0 Å². The number of hydrogen-bond donors (Lipinski definition) is 2. The zero-order valence-corrected chi connectivity index (χ0v) is 9.63. The number of nitrogens with two attached hydrogens (primary N) is 2. The molecule has 0 radical (unpaired) electrons. The topological polar surface area (TPSA) is 81.6 Å². The quantitative estimate of drug-likeness (QED) is 0.758. The number of nitrogen functional groups attached to an aromatic ring is 1. The van der Waals surface area contributed by atoms with E-state index in [1.54, 1.807) is 0 Å². The standard InChI is InChI=1S/C12H17N3O2/c13-9-1-3-10(4-2-9)15-7-5-11(6-8-15)17-12(14)16/h1-4,11H,5-8,13H2,(H2,14,16). The molecule has 1 heterocycles. The Hall–Kier alpha value is -1.91. The molecule has 17 heavy (non-hydrogen) atoms. The summed E-state index contributed by atoms with van der Waals surface area (Å²) in [6.07, 6.45) is 0.897. The monoisotopic (exact) mass is 235 g/mol. The van der Waals surface area contributed by atoms with E-state index < -0.39 is 6.09 Å². The van der Waals surface area contributed by atoms with Crippen LogP contribution < -0.4 is 16.4 Å². The molecule has 0 saturated carbocycles. The van der Waals surface area contributed by atoms with E-state index in [2.05, 4.69) is 4.90 Å². The van der Waals surface area contributed by atoms with Crippen LogP contribution in [0.3, 0.4) is 0 Å². The van der Waals surface area contributed by atoms with E-state index in [1.165, 1.54) is 0 Å². The van der Waals surface area contributed by atoms with Crippen molar-refractivity contribution in [2.24, 2.45) is 5.73 Å². The van der Waals surface area contributed by atoms with Crippen LogP contribution in [0.25, 0.3) is 0 Å². The lowest BCUT2D eigenvalue weighted by Gasteiger charge is -2.33. The smallest absolute Gasteiger partial charge is 0.404 e. The normalized spacial score (nSPS) is 16.8. The molecule has 0 aromatic heterocycles. The molecule has 92 valence electrons. The van der Waals surface area contributed by atoms with Gasteiger partial charge < -0.3 is 21.1 Å². The fraction of sp³-hybridized carbons (Fsp3) is 0.417. The van der Waals surface area contributed by atoms with Gasteiger partial charge in [-0.1, -0.05) is 0 Å². The maximum absolute atomic E-state index is 10.6. The van der Waals surface area contributed by atoms with Crippen LogP contribution in [-0.2, 0) is 4.74 Å². The van der Waals surface area contributed by atoms with Crippen molar-refractivity contribution in [3.8, 4) is 0 Å². The largest absolute Gasteiger partial charge is 0.446 e. The molecule has 0 unspecified atom stereocenters. The molecule has 0 aliphatic carbocycles. The average Bonchev–Trinajstić information content (AvgIpc) is 2.30. The number of anilines is 2. The van der Waals surface area contributed by atoms with Gasteiger partial charge >= 0.3 is 6.09 Å². The number of benzene rings is 1. The summed E-state index contributed by atoms with van der Waals surface area (Å²) in [5.41, 5.74) is 12.6. The number of carbonyl (C=O) groups excluding carboxylic acids is 1. The van der Waals surface area contributed by atoms with Crippen molar-refractivity contribution in [3.05, 3.63) is 24.3 Å². The predicted octanol–water partition coefficient (Wildman–Crippen LogP) is 1.33. The molecule has 1 aromatic rings. The van der Waals surface area contributed by atoms with Gasteiger partial charge in [0.05, 0.1) is 0 Å². The molecule has 5 nitrogen and oxygen atoms in total. The molecule has 0 atom stereocenters. The number of hydrogen-bond acceptors (Lipinski definition) is 4. The SMILES string of the molecule is NC(=O)OC1CCN(c2ccc(N)cc2)CC1. The minimum absolute atomic E-state index is 0.0440. The predicted molar refractivity (Wildman–Crippen MR) is 66.8 cm³/mol. The summed E-state index contributed by atoms with van der Waals surface area (Å²) in [6, 6.07) is 7.79. The maximum atomic E-state index is 10.6. The number of piperidine rings is 1. The highest BCUT2D eigenvalue weighted by atomic mass is 16.6. The van der Waals surface area contributed by atoms with Crippen molar-refractivity contribution >= 4 is 17.5 Å². The molecule has 1 fully saturated rings. The van der Waals surface area contributed by atoms with Crippen LogP contribution >= 0.6 is 0 Å². The molecule has 1 aliphatic rings. The zero-order chi connectivity index (χ0) is 12.3. The summed E-state index contributed by atoms with van der Waals surface area (Å²) in [5, 5.41) is 0. The number of carbonyl (C=O) groups is 1. The van der Waals surface area contributed by atoms with Crippen molar-refractivity contribution in [1.82, 2.24) is 0 Å². The summed E-state index contributed by atoms with van der Waals surface area (Å²) in [4.78, 5) is 12.9. The second kappa shape index (κ2) is 4.95. The van der Waals surface area contributed by atoms with Gasteiger partial charge in [-0.2, -0.15) is 0 Å². The van der Waals surface area contributed by atoms with E-state index in [0.717, 1.165) is 37.3 Å². The van der Waals surface area contributed by atoms with Gasteiger partial charge in [0.15, 0.2) is 0 Å². The molecule has 0 bridgehead atoms. The van der Waals surface area contributed by atoms with Gasteiger partial charge in [0.25, 0.3) is 0 Å². The van der Waals surface area contributed by atoms with Gasteiger partial charge in [0.1, 0.15) is 6.10 Å². The van der Waals surface area contributed by atoms with E-state index in [-0.39, 0.29) is 6.10 Å². The molecule has 1 saturated heterocycles. The molecule has 1 aliphatic heterocycles. The molecular formula is C12H17N3O2. The lowest BCUT2D eigenvalue weighted by atomic mass is 10.1. The summed E-state index contributed by atoms with van der Waals surface area (Å²) in [7, 11) is 0. The third-order valence-electron chi connectivity index (χ3n) is 2.98. The highest BCUT2D eigenvalue weighted by Crippen LogP contribution is 2.22. The fourth-order valence-corrected chi connectivity index (χ4v) is 2.08. The van der Waals surface area contributed by atoms with Crippen LogP contribution in [0.15, 0.2) is 24.3 Å². The lowest BCUT2D eigenvalue weighted by molar-refractivity contribution is 0.0912. The first-order chi connectivity index (χ1) is 8.15. The second-order valence-electron chi connectivity index (χ2n) is 4.21. The van der Waals surface area contributed by atoms with Crippen molar-refractivity contribution in [2.45, 2.75) is 18.9 Å². The first-order valence-electron chi connectivity index (χ1n) is 5.72. The lowest BCUT2D eigenvalue weighted by Crippen LogP contribution is -2.38. The Morgan fingerprint density at radius 2 is 1.82 bits per heavy atom.